The molecule has 20 heavy (non-hydrogen) atoms. The van der Waals surface area contributed by atoms with E-state index in [2.05, 4.69) is 30.8 Å². The van der Waals surface area contributed by atoms with Crippen LogP contribution in [-0.2, 0) is 18.3 Å². The molecule has 0 spiro atoms. The standard InChI is InChI=1S/C16H27N3O/c1-11(2)10-19(14-6-7-14)16(20)9-8-15-12(3)17-18(5)13(15)4/h11,14H,6-10H2,1-5H3. The molecule has 0 radical (unpaired) electrons. The van der Waals surface area contributed by atoms with Crippen LogP contribution in [0.5, 0.6) is 0 Å². The third kappa shape index (κ3) is 3.41. The third-order valence-corrected chi connectivity index (χ3v) is 4.12. The van der Waals surface area contributed by atoms with Gasteiger partial charge in [0.2, 0.25) is 5.91 Å². The molecule has 0 bridgehead atoms. The highest BCUT2D eigenvalue weighted by atomic mass is 16.2. The van der Waals surface area contributed by atoms with Gasteiger partial charge in [-0.3, -0.25) is 9.48 Å². The van der Waals surface area contributed by atoms with Crippen molar-refractivity contribution in [3.05, 3.63) is 17.0 Å². The van der Waals surface area contributed by atoms with Crippen molar-refractivity contribution in [1.82, 2.24) is 14.7 Å². The Balaban J connectivity index is 1.96. The first kappa shape index (κ1) is 15.1. The maximum atomic E-state index is 12.5. The highest BCUT2D eigenvalue weighted by Crippen LogP contribution is 2.28. The lowest BCUT2D eigenvalue weighted by atomic mass is 10.1. The largest absolute Gasteiger partial charge is 0.339 e. The summed E-state index contributed by atoms with van der Waals surface area (Å²) in [6.07, 6.45) is 3.79. The minimum Gasteiger partial charge on any atom is -0.339 e. The van der Waals surface area contributed by atoms with E-state index in [0.717, 1.165) is 18.7 Å². The van der Waals surface area contributed by atoms with Gasteiger partial charge in [0.15, 0.2) is 0 Å². The third-order valence-electron chi connectivity index (χ3n) is 4.12. The Hall–Kier alpha value is -1.32. The lowest BCUT2D eigenvalue weighted by molar-refractivity contribution is -0.132. The zero-order valence-corrected chi connectivity index (χ0v) is 13.4. The second-order valence-corrected chi connectivity index (χ2v) is 6.44. The number of rotatable bonds is 6. The lowest BCUT2D eigenvalue weighted by Gasteiger charge is -2.24. The predicted molar refractivity (Wildman–Crippen MR) is 80.6 cm³/mol. The van der Waals surface area contributed by atoms with Gasteiger partial charge in [0.05, 0.1) is 5.69 Å². The van der Waals surface area contributed by atoms with E-state index in [1.807, 2.05) is 18.7 Å². The van der Waals surface area contributed by atoms with Gasteiger partial charge >= 0.3 is 0 Å². The van der Waals surface area contributed by atoms with Gasteiger partial charge in [-0.25, -0.2) is 0 Å². The fourth-order valence-corrected chi connectivity index (χ4v) is 2.79. The monoisotopic (exact) mass is 277 g/mol. The van der Waals surface area contributed by atoms with E-state index in [1.54, 1.807) is 0 Å². The van der Waals surface area contributed by atoms with Crippen molar-refractivity contribution in [1.29, 1.82) is 0 Å². The van der Waals surface area contributed by atoms with Gasteiger partial charge in [0.1, 0.15) is 0 Å². The summed E-state index contributed by atoms with van der Waals surface area (Å²) in [5, 5.41) is 4.42. The molecule has 1 aromatic heterocycles. The summed E-state index contributed by atoms with van der Waals surface area (Å²) < 4.78 is 1.90. The second kappa shape index (κ2) is 5.98. The summed E-state index contributed by atoms with van der Waals surface area (Å²) in [5.74, 6) is 0.852. The Morgan fingerprint density at radius 3 is 2.50 bits per heavy atom. The summed E-state index contributed by atoms with van der Waals surface area (Å²) in [7, 11) is 1.96. The van der Waals surface area contributed by atoms with Crippen molar-refractivity contribution >= 4 is 5.91 Å². The van der Waals surface area contributed by atoms with Crippen molar-refractivity contribution in [2.24, 2.45) is 13.0 Å². The fraction of sp³-hybridized carbons (Fsp3) is 0.750. The molecule has 1 aromatic rings. The molecule has 1 heterocycles. The van der Waals surface area contributed by atoms with Gasteiger partial charge in [0, 0.05) is 31.7 Å². The van der Waals surface area contributed by atoms with Crippen molar-refractivity contribution in [3.63, 3.8) is 0 Å². The molecule has 1 amide bonds. The number of carbonyl (C=O) groups is 1. The molecule has 0 N–H and O–H groups in total. The number of amides is 1. The number of aromatic nitrogens is 2. The van der Waals surface area contributed by atoms with Gasteiger partial charge in [0.25, 0.3) is 0 Å². The van der Waals surface area contributed by atoms with E-state index in [0.29, 0.717) is 24.3 Å². The van der Waals surface area contributed by atoms with E-state index in [-0.39, 0.29) is 0 Å². The predicted octanol–water partition coefficient (Wildman–Crippen LogP) is 2.62. The highest BCUT2D eigenvalue weighted by molar-refractivity contribution is 5.77. The average Bonchev–Trinajstić information content (AvgIpc) is 3.15. The maximum Gasteiger partial charge on any atom is 0.223 e. The molecule has 0 aliphatic heterocycles. The average molecular weight is 277 g/mol. The van der Waals surface area contributed by atoms with Crippen LogP contribution in [0.1, 0.15) is 50.1 Å². The van der Waals surface area contributed by atoms with Gasteiger partial charge < -0.3 is 4.90 Å². The second-order valence-electron chi connectivity index (χ2n) is 6.44. The van der Waals surface area contributed by atoms with Crippen LogP contribution in [0.2, 0.25) is 0 Å². The van der Waals surface area contributed by atoms with Crippen LogP contribution in [0.3, 0.4) is 0 Å². The molecule has 112 valence electrons. The quantitative estimate of drug-likeness (QED) is 0.801. The first-order valence-electron chi connectivity index (χ1n) is 7.68. The minimum atomic E-state index is 0.309. The molecule has 0 aromatic carbocycles. The normalized spacial score (nSPS) is 14.9. The minimum absolute atomic E-state index is 0.309. The van der Waals surface area contributed by atoms with Crippen LogP contribution in [0, 0.1) is 19.8 Å². The van der Waals surface area contributed by atoms with E-state index in [9.17, 15) is 4.79 Å². The van der Waals surface area contributed by atoms with Crippen LogP contribution < -0.4 is 0 Å². The molecule has 0 unspecified atom stereocenters. The lowest BCUT2D eigenvalue weighted by Crippen LogP contribution is -2.36. The summed E-state index contributed by atoms with van der Waals surface area (Å²) in [5.41, 5.74) is 3.47. The van der Waals surface area contributed by atoms with E-state index >= 15 is 0 Å². The molecule has 1 aliphatic rings. The first-order valence-corrected chi connectivity index (χ1v) is 7.68. The number of nitrogens with zero attached hydrogens (tertiary/aromatic N) is 3. The molecular weight excluding hydrogens is 250 g/mol. The molecule has 1 saturated carbocycles. The highest BCUT2D eigenvalue weighted by Gasteiger charge is 2.32. The summed E-state index contributed by atoms with van der Waals surface area (Å²) in [4.78, 5) is 14.6. The van der Waals surface area contributed by atoms with Crippen molar-refractivity contribution in [3.8, 4) is 0 Å². The van der Waals surface area contributed by atoms with E-state index in [1.165, 1.54) is 24.1 Å². The topological polar surface area (TPSA) is 38.1 Å². The number of aryl methyl sites for hydroxylation is 2. The van der Waals surface area contributed by atoms with Crippen LogP contribution in [0.4, 0.5) is 0 Å². The number of carbonyl (C=O) groups excluding carboxylic acids is 1. The van der Waals surface area contributed by atoms with Crippen LogP contribution >= 0.6 is 0 Å². The molecular formula is C16H27N3O. The summed E-state index contributed by atoms with van der Waals surface area (Å²) >= 11 is 0. The molecule has 1 aliphatic carbocycles. The summed E-state index contributed by atoms with van der Waals surface area (Å²) in [6, 6.07) is 0.515. The van der Waals surface area contributed by atoms with Crippen LogP contribution in [-0.4, -0.2) is 33.2 Å². The molecule has 0 saturated heterocycles. The fourth-order valence-electron chi connectivity index (χ4n) is 2.79. The first-order chi connectivity index (χ1) is 9.40. The smallest absolute Gasteiger partial charge is 0.223 e. The van der Waals surface area contributed by atoms with Gasteiger partial charge in [-0.05, 0) is 44.6 Å². The Morgan fingerprint density at radius 2 is 2.05 bits per heavy atom. The molecule has 2 rings (SSSR count). The summed E-state index contributed by atoms with van der Waals surface area (Å²) in [6.45, 7) is 9.36. The number of hydrogen-bond donors (Lipinski definition) is 0. The molecule has 0 atom stereocenters. The van der Waals surface area contributed by atoms with Crippen molar-refractivity contribution in [2.75, 3.05) is 6.54 Å². The van der Waals surface area contributed by atoms with Gasteiger partial charge in [-0.2, -0.15) is 5.10 Å². The SMILES string of the molecule is Cc1nn(C)c(C)c1CCC(=O)N(CC(C)C)C1CC1. The van der Waals surface area contributed by atoms with Crippen molar-refractivity contribution in [2.45, 2.75) is 59.4 Å². The van der Waals surface area contributed by atoms with Crippen LogP contribution in [0.15, 0.2) is 0 Å². The molecule has 4 nitrogen and oxygen atoms in total. The van der Waals surface area contributed by atoms with Crippen LogP contribution in [0.25, 0.3) is 0 Å². The Bertz CT molecular complexity index is 486. The molecule has 1 fully saturated rings. The van der Waals surface area contributed by atoms with Crippen molar-refractivity contribution < 1.29 is 4.79 Å². The Morgan fingerprint density at radius 1 is 1.40 bits per heavy atom. The maximum absolute atomic E-state index is 12.5. The van der Waals surface area contributed by atoms with E-state index < -0.39 is 0 Å². The number of hydrogen-bond acceptors (Lipinski definition) is 2. The zero-order valence-electron chi connectivity index (χ0n) is 13.4. The van der Waals surface area contributed by atoms with Gasteiger partial charge in [-0.1, -0.05) is 13.8 Å². The van der Waals surface area contributed by atoms with Gasteiger partial charge in [-0.15, -0.1) is 0 Å². The van der Waals surface area contributed by atoms with E-state index in [4.69, 9.17) is 0 Å². The Labute approximate surface area is 122 Å². The Kier molecular flexibility index (Phi) is 4.51. The molecule has 4 heteroatoms. The zero-order chi connectivity index (χ0) is 14.9.